The van der Waals surface area contributed by atoms with E-state index in [4.69, 9.17) is 0 Å². The molecule has 4 aromatic rings. The Kier molecular flexibility index (Phi) is 5.20. The Labute approximate surface area is 165 Å². The minimum absolute atomic E-state index is 0.0592. The quantitative estimate of drug-likeness (QED) is 0.475. The summed E-state index contributed by atoms with van der Waals surface area (Å²) in [5, 5.41) is 15.0. The predicted octanol–water partition coefficient (Wildman–Crippen LogP) is 5.14. The molecule has 4 rings (SSSR count). The predicted molar refractivity (Wildman–Crippen MR) is 106 cm³/mol. The topological polar surface area (TPSA) is 67.3 Å². The average molecular weight is 393 g/mol. The van der Waals surface area contributed by atoms with Crippen LogP contribution in [0.4, 0.5) is 14.5 Å². The van der Waals surface area contributed by atoms with E-state index in [2.05, 4.69) is 20.0 Å². The molecule has 0 aliphatic heterocycles. The summed E-state index contributed by atoms with van der Waals surface area (Å²) in [6, 6.07) is 18.6. The fourth-order valence-electron chi connectivity index (χ4n) is 3.14. The Hall–Kier alpha value is -3.74. The van der Waals surface area contributed by atoms with Crippen molar-refractivity contribution in [3.05, 3.63) is 90.4 Å². The van der Waals surface area contributed by atoms with Crippen LogP contribution < -0.4 is 10.1 Å². The number of aromatic hydroxyl groups is 1. The van der Waals surface area contributed by atoms with E-state index in [9.17, 15) is 13.9 Å². The second kappa shape index (κ2) is 8.10. The highest BCUT2D eigenvalue weighted by atomic mass is 19.3. The van der Waals surface area contributed by atoms with Crippen molar-refractivity contribution in [1.29, 1.82) is 0 Å². The molecule has 0 bridgehead atoms. The third-order valence-corrected chi connectivity index (χ3v) is 4.46. The first-order valence-corrected chi connectivity index (χ1v) is 8.91. The number of aromatic nitrogens is 2. The van der Waals surface area contributed by atoms with Crippen molar-refractivity contribution >= 4 is 16.6 Å². The first kappa shape index (κ1) is 18.6. The van der Waals surface area contributed by atoms with E-state index in [-0.39, 0.29) is 11.5 Å². The Morgan fingerprint density at radius 2 is 1.66 bits per heavy atom. The van der Waals surface area contributed by atoms with Crippen LogP contribution >= 0.6 is 0 Å². The van der Waals surface area contributed by atoms with Crippen LogP contribution in [0, 0.1) is 0 Å². The number of phenolic OH excluding ortho intramolecular Hbond substituents is 1. The molecule has 0 aliphatic rings. The van der Waals surface area contributed by atoms with Gasteiger partial charge in [-0.3, -0.25) is 9.97 Å². The molecule has 0 spiro atoms. The smallest absolute Gasteiger partial charge is 0.387 e. The van der Waals surface area contributed by atoms with Crippen molar-refractivity contribution in [2.24, 2.45) is 0 Å². The molecule has 2 aromatic carbocycles. The molecule has 0 aliphatic carbocycles. The van der Waals surface area contributed by atoms with Gasteiger partial charge in [-0.25, -0.2) is 0 Å². The van der Waals surface area contributed by atoms with E-state index in [0.717, 1.165) is 5.39 Å². The number of hydrogen-bond acceptors (Lipinski definition) is 5. The molecule has 2 heterocycles. The lowest BCUT2D eigenvalue weighted by atomic mass is 9.99. The number of rotatable bonds is 6. The molecule has 2 aromatic heterocycles. The Morgan fingerprint density at radius 1 is 0.862 bits per heavy atom. The Bertz CT molecular complexity index is 1110. The number of alkyl halides is 2. The van der Waals surface area contributed by atoms with Gasteiger partial charge >= 0.3 is 6.61 Å². The van der Waals surface area contributed by atoms with Crippen LogP contribution in [0.3, 0.4) is 0 Å². The lowest BCUT2D eigenvalue weighted by Crippen LogP contribution is -2.14. The zero-order valence-electron chi connectivity index (χ0n) is 15.2. The minimum Gasteiger partial charge on any atom is -0.505 e. The molecule has 5 nitrogen and oxygen atoms in total. The van der Waals surface area contributed by atoms with Gasteiger partial charge in [-0.1, -0.05) is 24.3 Å². The van der Waals surface area contributed by atoms with Gasteiger partial charge in [-0.15, -0.1) is 0 Å². The third kappa shape index (κ3) is 4.08. The number of ether oxygens (including phenoxy) is 1. The van der Waals surface area contributed by atoms with E-state index in [1.165, 1.54) is 12.1 Å². The number of halogens is 2. The zero-order valence-corrected chi connectivity index (χ0v) is 15.2. The molecule has 0 radical (unpaired) electrons. The highest BCUT2D eigenvalue weighted by Crippen LogP contribution is 2.36. The molecule has 146 valence electrons. The van der Waals surface area contributed by atoms with Crippen LogP contribution in [0.15, 0.2) is 79.1 Å². The molecule has 7 heteroatoms. The van der Waals surface area contributed by atoms with Gasteiger partial charge < -0.3 is 15.2 Å². The van der Waals surface area contributed by atoms with Gasteiger partial charge in [0.1, 0.15) is 17.0 Å². The summed E-state index contributed by atoms with van der Waals surface area (Å²) >= 11 is 0. The van der Waals surface area contributed by atoms with Gasteiger partial charge in [-0.2, -0.15) is 8.78 Å². The van der Waals surface area contributed by atoms with Crippen molar-refractivity contribution in [1.82, 2.24) is 9.97 Å². The van der Waals surface area contributed by atoms with E-state index in [0.29, 0.717) is 22.5 Å². The summed E-state index contributed by atoms with van der Waals surface area (Å²) in [5.41, 5.74) is 2.44. The SMILES string of the molecule is Oc1c([C@@H](Nc2ccc(OC(F)F)cc2)c2ccccn2)ccc2cccnc12. The minimum atomic E-state index is -2.88. The summed E-state index contributed by atoms with van der Waals surface area (Å²) < 4.78 is 29.1. The van der Waals surface area contributed by atoms with Crippen molar-refractivity contribution in [3.8, 4) is 11.5 Å². The van der Waals surface area contributed by atoms with Gasteiger partial charge in [0.15, 0.2) is 0 Å². The molecular formula is C22H17F2N3O2. The van der Waals surface area contributed by atoms with E-state index in [1.54, 1.807) is 36.7 Å². The maximum absolute atomic E-state index is 12.4. The van der Waals surface area contributed by atoms with Crippen molar-refractivity contribution in [2.45, 2.75) is 12.7 Å². The normalized spacial score (nSPS) is 12.1. The van der Waals surface area contributed by atoms with Crippen LogP contribution in [0.2, 0.25) is 0 Å². The molecule has 1 atom stereocenters. The molecule has 0 saturated heterocycles. The van der Waals surface area contributed by atoms with Crippen LogP contribution in [0.5, 0.6) is 11.5 Å². The van der Waals surface area contributed by atoms with Crippen LogP contribution in [-0.4, -0.2) is 21.7 Å². The number of anilines is 1. The van der Waals surface area contributed by atoms with Crippen molar-refractivity contribution in [2.75, 3.05) is 5.32 Å². The molecule has 0 unspecified atom stereocenters. The lowest BCUT2D eigenvalue weighted by Gasteiger charge is -2.21. The second-order valence-corrected chi connectivity index (χ2v) is 6.31. The largest absolute Gasteiger partial charge is 0.505 e. The van der Waals surface area contributed by atoms with Crippen molar-refractivity contribution in [3.63, 3.8) is 0 Å². The maximum atomic E-state index is 12.4. The maximum Gasteiger partial charge on any atom is 0.387 e. The second-order valence-electron chi connectivity index (χ2n) is 6.31. The fraction of sp³-hybridized carbons (Fsp3) is 0.0909. The van der Waals surface area contributed by atoms with Crippen LogP contribution in [0.25, 0.3) is 10.9 Å². The van der Waals surface area contributed by atoms with Gasteiger partial charge in [0, 0.05) is 29.0 Å². The van der Waals surface area contributed by atoms with Gasteiger partial charge in [0.2, 0.25) is 0 Å². The van der Waals surface area contributed by atoms with Crippen LogP contribution in [0.1, 0.15) is 17.3 Å². The number of pyridine rings is 2. The zero-order chi connectivity index (χ0) is 20.2. The first-order chi connectivity index (χ1) is 14.1. The van der Waals surface area contributed by atoms with Crippen molar-refractivity contribution < 1.29 is 18.6 Å². The standard InChI is InChI=1S/C22H17F2N3O2/c23-22(24)29-16-9-7-15(8-10-16)27-20(18-5-1-2-12-25-18)17-11-6-14-4-3-13-26-19(14)21(17)28/h1-13,20,22,27-28H/t20-/m1/s1. The molecule has 0 fully saturated rings. The first-order valence-electron chi connectivity index (χ1n) is 8.91. The van der Waals surface area contributed by atoms with E-state index >= 15 is 0 Å². The summed E-state index contributed by atoms with van der Waals surface area (Å²) in [6.07, 6.45) is 3.29. The Balaban J connectivity index is 1.73. The monoisotopic (exact) mass is 393 g/mol. The number of fused-ring (bicyclic) bond motifs is 1. The lowest BCUT2D eigenvalue weighted by molar-refractivity contribution is -0.0498. The number of nitrogens with one attached hydrogen (secondary N) is 1. The van der Waals surface area contributed by atoms with Crippen LogP contribution in [-0.2, 0) is 0 Å². The number of hydrogen-bond donors (Lipinski definition) is 2. The Morgan fingerprint density at radius 3 is 2.38 bits per heavy atom. The number of phenols is 1. The third-order valence-electron chi connectivity index (χ3n) is 4.46. The molecular weight excluding hydrogens is 376 g/mol. The van der Waals surface area contributed by atoms with E-state index < -0.39 is 12.7 Å². The molecule has 0 saturated carbocycles. The highest BCUT2D eigenvalue weighted by Gasteiger charge is 2.21. The average Bonchev–Trinajstić information content (AvgIpc) is 2.74. The summed E-state index contributed by atoms with van der Waals surface area (Å²) in [7, 11) is 0. The van der Waals surface area contributed by atoms with Gasteiger partial charge in [0.25, 0.3) is 0 Å². The summed E-state index contributed by atoms with van der Waals surface area (Å²) in [6.45, 7) is -2.88. The number of benzene rings is 2. The molecule has 29 heavy (non-hydrogen) atoms. The molecule has 2 N–H and O–H groups in total. The van der Waals surface area contributed by atoms with E-state index in [1.807, 2.05) is 30.3 Å². The molecule has 0 amide bonds. The highest BCUT2D eigenvalue weighted by molar-refractivity contribution is 5.85. The summed E-state index contributed by atoms with van der Waals surface area (Å²) in [4.78, 5) is 8.69. The van der Waals surface area contributed by atoms with Gasteiger partial charge in [-0.05, 0) is 42.5 Å². The fourth-order valence-corrected chi connectivity index (χ4v) is 3.14. The summed E-state index contributed by atoms with van der Waals surface area (Å²) in [5.74, 6) is 0.126. The number of nitrogens with zero attached hydrogens (tertiary/aromatic N) is 2. The van der Waals surface area contributed by atoms with Gasteiger partial charge in [0.05, 0.1) is 11.7 Å².